The second-order valence-corrected chi connectivity index (χ2v) is 10.6. The van der Waals surface area contributed by atoms with Gasteiger partial charge in [-0.25, -0.2) is 8.42 Å². The highest BCUT2D eigenvalue weighted by molar-refractivity contribution is 7.89. The SMILES string of the molecule is O=S(=O)(c1ccccc1)N1CCC(Nc2cc(OCC(F)(F)F)nc(Nc3cccc(C(F)(F)F)c3)n2)CC1. The number of ether oxygens (including phenoxy) is 1. The standard InChI is InChI=1S/C24H23F6N5O3S/c25-23(26,27)15-38-21-14-20(33-22(34-21)32-18-6-4-5-16(13-18)24(28,29)30)31-17-9-11-35(12-10-17)39(36,37)19-7-2-1-3-8-19/h1-8,13-14,17H,9-12,15H2,(H2,31,32,33,34). The van der Waals surface area contributed by atoms with Gasteiger partial charge in [0, 0.05) is 30.9 Å². The molecule has 210 valence electrons. The van der Waals surface area contributed by atoms with Crippen LogP contribution in [-0.2, 0) is 16.2 Å². The maximum absolute atomic E-state index is 13.1. The maximum Gasteiger partial charge on any atom is 0.422 e. The lowest BCUT2D eigenvalue weighted by atomic mass is 10.1. The Morgan fingerprint density at radius 2 is 1.62 bits per heavy atom. The summed E-state index contributed by atoms with van der Waals surface area (Å²) in [4.78, 5) is 8.18. The molecule has 15 heteroatoms. The van der Waals surface area contributed by atoms with Gasteiger partial charge in [-0.15, -0.1) is 0 Å². The summed E-state index contributed by atoms with van der Waals surface area (Å²) in [5, 5.41) is 5.60. The highest BCUT2D eigenvalue weighted by Gasteiger charge is 2.32. The highest BCUT2D eigenvalue weighted by Crippen LogP contribution is 2.32. The molecule has 1 aliphatic rings. The molecule has 0 spiro atoms. The Hall–Kier alpha value is -3.59. The topological polar surface area (TPSA) is 96.5 Å². The number of hydrogen-bond acceptors (Lipinski definition) is 7. The minimum atomic E-state index is -4.65. The third kappa shape index (κ3) is 7.72. The smallest absolute Gasteiger partial charge is 0.422 e. The van der Waals surface area contributed by atoms with Crippen LogP contribution in [0.3, 0.4) is 0 Å². The van der Waals surface area contributed by atoms with Crippen LogP contribution in [0.2, 0.25) is 0 Å². The molecule has 3 aromatic rings. The highest BCUT2D eigenvalue weighted by atomic mass is 32.2. The molecule has 0 bridgehead atoms. The lowest BCUT2D eigenvalue weighted by molar-refractivity contribution is -0.154. The zero-order chi connectivity index (χ0) is 28.3. The Labute approximate surface area is 220 Å². The molecule has 1 aromatic heterocycles. The molecule has 0 atom stereocenters. The molecule has 0 aliphatic carbocycles. The van der Waals surface area contributed by atoms with E-state index >= 15 is 0 Å². The van der Waals surface area contributed by atoms with Crippen LogP contribution >= 0.6 is 0 Å². The van der Waals surface area contributed by atoms with Crippen molar-refractivity contribution in [1.82, 2.24) is 14.3 Å². The summed E-state index contributed by atoms with van der Waals surface area (Å²) in [6.45, 7) is -1.26. The summed E-state index contributed by atoms with van der Waals surface area (Å²) in [6.07, 6.45) is -8.52. The number of alkyl halides is 6. The van der Waals surface area contributed by atoms with Crippen molar-refractivity contribution in [1.29, 1.82) is 0 Å². The monoisotopic (exact) mass is 575 g/mol. The van der Waals surface area contributed by atoms with Gasteiger partial charge >= 0.3 is 12.4 Å². The first kappa shape index (κ1) is 28.4. The third-order valence-electron chi connectivity index (χ3n) is 5.72. The number of aromatic nitrogens is 2. The van der Waals surface area contributed by atoms with E-state index in [0.717, 1.165) is 24.3 Å². The van der Waals surface area contributed by atoms with Crippen LogP contribution in [0.4, 0.5) is 43.8 Å². The van der Waals surface area contributed by atoms with Gasteiger partial charge in [0.2, 0.25) is 21.9 Å². The van der Waals surface area contributed by atoms with Crippen LogP contribution in [0, 0.1) is 0 Å². The first-order valence-electron chi connectivity index (χ1n) is 11.6. The van der Waals surface area contributed by atoms with Crippen molar-refractivity contribution in [3.8, 4) is 5.88 Å². The van der Waals surface area contributed by atoms with Gasteiger partial charge in [0.1, 0.15) is 5.82 Å². The number of rotatable bonds is 8. The summed E-state index contributed by atoms with van der Waals surface area (Å²) in [5.74, 6) is -0.690. The van der Waals surface area contributed by atoms with Crippen LogP contribution < -0.4 is 15.4 Å². The second kappa shape index (κ2) is 11.3. The lowest BCUT2D eigenvalue weighted by Gasteiger charge is -2.32. The van der Waals surface area contributed by atoms with Gasteiger partial charge in [0.15, 0.2) is 6.61 Å². The molecule has 2 heterocycles. The molecule has 1 saturated heterocycles. The van der Waals surface area contributed by atoms with E-state index in [4.69, 9.17) is 4.74 Å². The van der Waals surface area contributed by atoms with E-state index in [9.17, 15) is 34.8 Å². The van der Waals surface area contributed by atoms with Crippen LogP contribution in [0.15, 0.2) is 65.6 Å². The number of anilines is 3. The molecule has 8 nitrogen and oxygen atoms in total. The fourth-order valence-corrected chi connectivity index (χ4v) is 5.37. The first-order chi connectivity index (χ1) is 18.3. The molecule has 0 radical (unpaired) electrons. The minimum absolute atomic E-state index is 0.0387. The molecule has 2 N–H and O–H groups in total. The number of hydrogen-bond donors (Lipinski definition) is 2. The van der Waals surface area contributed by atoms with Gasteiger partial charge in [-0.3, -0.25) is 0 Å². The quantitative estimate of drug-likeness (QED) is 0.345. The number of sulfonamides is 1. The first-order valence-corrected chi connectivity index (χ1v) is 13.1. The average Bonchev–Trinajstić information content (AvgIpc) is 2.87. The predicted octanol–water partition coefficient (Wildman–Crippen LogP) is 5.45. The Kier molecular flexibility index (Phi) is 8.20. The Morgan fingerprint density at radius 3 is 2.26 bits per heavy atom. The van der Waals surface area contributed by atoms with E-state index in [2.05, 4.69) is 20.6 Å². The van der Waals surface area contributed by atoms with E-state index in [1.807, 2.05) is 0 Å². The third-order valence-corrected chi connectivity index (χ3v) is 7.63. The van der Waals surface area contributed by atoms with Crippen LogP contribution in [0.25, 0.3) is 0 Å². The maximum atomic E-state index is 13.1. The molecular weight excluding hydrogens is 552 g/mol. The van der Waals surface area contributed by atoms with Crippen molar-refractivity contribution >= 4 is 27.5 Å². The number of halogens is 6. The van der Waals surface area contributed by atoms with E-state index in [1.54, 1.807) is 18.2 Å². The molecule has 0 saturated carbocycles. The van der Waals surface area contributed by atoms with E-state index in [0.29, 0.717) is 12.8 Å². The summed E-state index contributed by atoms with van der Waals surface area (Å²) < 4.78 is 109. The van der Waals surface area contributed by atoms with E-state index in [1.165, 1.54) is 22.5 Å². The molecule has 0 unspecified atom stereocenters. The van der Waals surface area contributed by atoms with Crippen molar-refractivity contribution in [3.63, 3.8) is 0 Å². The molecule has 1 fully saturated rings. The second-order valence-electron chi connectivity index (χ2n) is 8.66. The summed E-state index contributed by atoms with van der Waals surface area (Å²) >= 11 is 0. The largest absolute Gasteiger partial charge is 0.468 e. The van der Waals surface area contributed by atoms with Crippen molar-refractivity contribution in [2.24, 2.45) is 0 Å². The number of benzene rings is 2. The fourth-order valence-electron chi connectivity index (χ4n) is 3.88. The van der Waals surface area contributed by atoms with Gasteiger partial charge in [0.25, 0.3) is 0 Å². The van der Waals surface area contributed by atoms with Gasteiger partial charge < -0.3 is 15.4 Å². The molecule has 1 aliphatic heterocycles. The molecule has 0 amide bonds. The molecule has 39 heavy (non-hydrogen) atoms. The van der Waals surface area contributed by atoms with Crippen molar-refractivity contribution in [2.45, 2.75) is 36.1 Å². The van der Waals surface area contributed by atoms with E-state index in [-0.39, 0.29) is 41.5 Å². The minimum Gasteiger partial charge on any atom is -0.468 e. The number of piperidine rings is 1. The van der Waals surface area contributed by atoms with Crippen molar-refractivity contribution in [2.75, 3.05) is 30.3 Å². The molecular formula is C24H23F6N5O3S. The Morgan fingerprint density at radius 1 is 0.923 bits per heavy atom. The number of nitrogens with zero attached hydrogens (tertiary/aromatic N) is 3. The summed E-state index contributed by atoms with van der Waals surface area (Å²) in [6, 6.07) is 13.0. The summed E-state index contributed by atoms with van der Waals surface area (Å²) in [5.41, 5.74) is -0.976. The fraction of sp³-hybridized carbons (Fsp3) is 0.333. The number of nitrogens with one attached hydrogen (secondary N) is 2. The molecule has 4 rings (SSSR count). The van der Waals surface area contributed by atoms with Gasteiger partial charge in [-0.1, -0.05) is 24.3 Å². The normalized spacial score (nSPS) is 15.6. The zero-order valence-electron chi connectivity index (χ0n) is 20.1. The van der Waals surface area contributed by atoms with Crippen LogP contribution in [0.5, 0.6) is 5.88 Å². The Balaban J connectivity index is 1.49. The average molecular weight is 576 g/mol. The van der Waals surface area contributed by atoms with Crippen molar-refractivity contribution < 1.29 is 39.5 Å². The van der Waals surface area contributed by atoms with Gasteiger partial charge in [0.05, 0.1) is 10.5 Å². The lowest BCUT2D eigenvalue weighted by Crippen LogP contribution is -2.42. The van der Waals surface area contributed by atoms with Crippen LogP contribution in [0.1, 0.15) is 18.4 Å². The van der Waals surface area contributed by atoms with E-state index < -0.39 is 40.4 Å². The van der Waals surface area contributed by atoms with Gasteiger partial charge in [-0.05, 0) is 43.2 Å². The van der Waals surface area contributed by atoms with Crippen LogP contribution in [-0.4, -0.2) is 54.6 Å². The predicted molar refractivity (Wildman–Crippen MR) is 130 cm³/mol. The zero-order valence-corrected chi connectivity index (χ0v) is 20.9. The van der Waals surface area contributed by atoms with Crippen molar-refractivity contribution in [3.05, 3.63) is 66.2 Å². The molecule has 2 aromatic carbocycles. The van der Waals surface area contributed by atoms with Gasteiger partial charge in [-0.2, -0.15) is 40.6 Å². The summed E-state index contributed by atoms with van der Waals surface area (Å²) in [7, 11) is -3.68. The Bertz CT molecular complexity index is 1380.